The monoisotopic (exact) mass is 253 g/mol. The minimum atomic E-state index is -0.237. The van der Waals surface area contributed by atoms with Gasteiger partial charge in [0.15, 0.2) is 0 Å². The van der Waals surface area contributed by atoms with Crippen LogP contribution in [0.5, 0.6) is 0 Å². The van der Waals surface area contributed by atoms with Crippen LogP contribution >= 0.6 is 28.3 Å². The van der Waals surface area contributed by atoms with E-state index in [4.69, 9.17) is 5.73 Å². The van der Waals surface area contributed by atoms with E-state index in [1.54, 1.807) is 0 Å². The van der Waals surface area contributed by atoms with E-state index in [-0.39, 0.29) is 24.8 Å². The molecule has 68 valence electrons. The second-order valence-corrected chi connectivity index (χ2v) is 3.30. The van der Waals surface area contributed by atoms with Crippen molar-refractivity contribution in [3.05, 3.63) is 33.5 Å². The number of rotatable bonds is 1. The predicted molar refractivity (Wildman–Crippen MR) is 54.0 cm³/mol. The predicted octanol–water partition coefficient (Wildman–Crippen LogP) is 2.78. The van der Waals surface area contributed by atoms with Gasteiger partial charge in [0.2, 0.25) is 0 Å². The minimum absolute atomic E-state index is 0. The first-order valence-electron chi connectivity index (χ1n) is 3.29. The molecule has 0 atom stereocenters. The lowest BCUT2D eigenvalue weighted by Crippen LogP contribution is -2.02. The number of hydrogen-bond donors (Lipinski definition) is 1. The molecule has 0 amide bonds. The lowest BCUT2D eigenvalue weighted by Gasteiger charge is -2.04. The molecule has 0 aliphatic carbocycles. The summed E-state index contributed by atoms with van der Waals surface area (Å²) < 4.78 is 13.8. The van der Waals surface area contributed by atoms with Crippen LogP contribution in [0.1, 0.15) is 11.1 Å². The summed E-state index contributed by atoms with van der Waals surface area (Å²) in [6.07, 6.45) is 0. The zero-order chi connectivity index (χ0) is 8.43. The van der Waals surface area contributed by atoms with E-state index >= 15 is 0 Å². The van der Waals surface area contributed by atoms with Crippen molar-refractivity contribution in [1.82, 2.24) is 0 Å². The average Bonchev–Trinajstić information content (AvgIpc) is 1.85. The van der Waals surface area contributed by atoms with E-state index in [1.165, 1.54) is 6.07 Å². The molecule has 1 nitrogen and oxygen atoms in total. The van der Waals surface area contributed by atoms with E-state index in [2.05, 4.69) is 15.9 Å². The average molecular weight is 255 g/mol. The maximum atomic E-state index is 13.0. The molecule has 4 heteroatoms. The fourth-order valence-electron chi connectivity index (χ4n) is 0.991. The van der Waals surface area contributed by atoms with Crippen LogP contribution in [0.15, 0.2) is 16.6 Å². The van der Waals surface area contributed by atoms with Crippen LogP contribution in [0.3, 0.4) is 0 Å². The van der Waals surface area contributed by atoms with Gasteiger partial charge in [0.05, 0.1) is 0 Å². The molecule has 0 spiro atoms. The Morgan fingerprint density at radius 1 is 1.50 bits per heavy atom. The van der Waals surface area contributed by atoms with E-state index in [0.717, 1.165) is 10.0 Å². The topological polar surface area (TPSA) is 26.0 Å². The van der Waals surface area contributed by atoms with Crippen molar-refractivity contribution in [3.8, 4) is 0 Å². The van der Waals surface area contributed by atoms with Gasteiger partial charge in [-0.05, 0) is 24.6 Å². The van der Waals surface area contributed by atoms with Gasteiger partial charge in [0.1, 0.15) is 5.82 Å². The van der Waals surface area contributed by atoms with Crippen LogP contribution in [0, 0.1) is 12.7 Å². The lowest BCUT2D eigenvalue weighted by molar-refractivity contribution is 0.607. The van der Waals surface area contributed by atoms with Crippen molar-refractivity contribution in [3.63, 3.8) is 0 Å². The Morgan fingerprint density at radius 3 is 2.50 bits per heavy atom. The number of aryl methyl sites for hydroxylation is 1. The van der Waals surface area contributed by atoms with Crippen molar-refractivity contribution < 1.29 is 4.39 Å². The molecule has 2 N–H and O–H groups in total. The summed E-state index contributed by atoms with van der Waals surface area (Å²) in [6.45, 7) is 2.10. The molecule has 0 aliphatic rings. The van der Waals surface area contributed by atoms with Gasteiger partial charge in [-0.15, -0.1) is 12.4 Å². The Kier molecular flexibility index (Phi) is 4.75. The van der Waals surface area contributed by atoms with Gasteiger partial charge in [-0.2, -0.15) is 0 Å². The van der Waals surface area contributed by atoms with E-state index in [9.17, 15) is 4.39 Å². The van der Waals surface area contributed by atoms with Gasteiger partial charge in [-0.3, -0.25) is 0 Å². The molecule has 0 bridgehead atoms. The Hall–Kier alpha value is -0.120. The van der Waals surface area contributed by atoms with Gasteiger partial charge >= 0.3 is 0 Å². The third kappa shape index (κ3) is 2.44. The number of benzene rings is 1. The molecule has 1 aromatic carbocycles. The van der Waals surface area contributed by atoms with Crippen molar-refractivity contribution in [2.24, 2.45) is 5.73 Å². The van der Waals surface area contributed by atoms with Gasteiger partial charge in [0.25, 0.3) is 0 Å². The van der Waals surface area contributed by atoms with E-state index in [0.29, 0.717) is 5.56 Å². The van der Waals surface area contributed by atoms with Gasteiger partial charge in [0, 0.05) is 16.6 Å². The Bertz CT molecular complexity index is 255. The molecule has 12 heavy (non-hydrogen) atoms. The van der Waals surface area contributed by atoms with Crippen LogP contribution in [0.25, 0.3) is 0 Å². The van der Waals surface area contributed by atoms with Gasteiger partial charge in [-0.1, -0.05) is 15.9 Å². The molecule has 1 rings (SSSR count). The second kappa shape index (κ2) is 4.80. The van der Waals surface area contributed by atoms with E-state index in [1.807, 2.05) is 13.0 Å². The van der Waals surface area contributed by atoms with Crippen LogP contribution in [-0.4, -0.2) is 0 Å². The maximum absolute atomic E-state index is 13.0. The molecule has 0 unspecified atom stereocenters. The quantitative estimate of drug-likeness (QED) is 0.819. The Labute approximate surface area is 85.7 Å². The summed E-state index contributed by atoms with van der Waals surface area (Å²) in [5.41, 5.74) is 6.83. The van der Waals surface area contributed by atoms with Gasteiger partial charge in [-0.25, -0.2) is 4.39 Å². The van der Waals surface area contributed by atoms with Crippen LogP contribution in [0.4, 0.5) is 4.39 Å². The van der Waals surface area contributed by atoms with Crippen LogP contribution < -0.4 is 5.73 Å². The fourth-order valence-corrected chi connectivity index (χ4v) is 1.53. The molecule has 0 fully saturated rings. The molecule has 0 saturated carbocycles. The molecule has 0 heterocycles. The molecule has 0 saturated heterocycles. The Balaban J connectivity index is 0.00000121. The van der Waals surface area contributed by atoms with Crippen molar-refractivity contribution in [2.45, 2.75) is 13.5 Å². The highest BCUT2D eigenvalue weighted by atomic mass is 79.9. The third-order valence-electron chi connectivity index (χ3n) is 1.59. The summed E-state index contributed by atoms with van der Waals surface area (Å²) in [6, 6.07) is 3.28. The molecule has 0 aliphatic heterocycles. The normalized spacial score (nSPS) is 9.33. The molecule has 1 aromatic rings. The lowest BCUT2D eigenvalue weighted by atomic mass is 10.1. The zero-order valence-electron chi connectivity index (χ0n) is 6.60. The third-order valence-corrected chi connectivity index (χ3v) is 2.05. The van der Waals surface area contributed by atoms with E-state index < -0.39 is 0 Å². The van der Waals surface area contributed by atoms with Crippen molar-refractivity contribution in [2.75, 3.05) is 0 Å². The highest BCUT2D eigenvalue weighted by Gasteiger charge is 2.04. The summed E-state index contributed by atoms with van der Waals surface area (Å²) in [5.74, 6) is -0.237. The first kappa shape index (κ1) is 11.9. The molecule has 0 radical (unpaired) electrons. The highest BCUT2D eigenvalue weighted by Crippen LogP contribution is 2.19. The first-order chi connectivity index (χ1) is 5.15. The molecular formula is C8H10BrClFN. The second-order valence-electron chi connectivity index (χ2n) is 2.39. The summed E-state index contributed by atoms with van der Waals surface area (Å²) >= 11 is 3.20. The smallest absolute Gasteiger partial charge is 0.129 e. The highest BCUT2D eigenvalue weighted by molar-refractivity contribution is 9.10. The molecular weight excluding hydrogens is 244 g/mol. The first-order valence-corrected chi connectivity index (χ1v) is 4.09. The minimum Gasteiger partial charge on any atom is -0.326 e. The number of hydrogen-bond acceptors (Lipinski definition) is 1. The van der Waals surface area contributed by atoms with Crippen molar-refractivity contribution >= 4 is 28.3 Å². The molecule has 0 aromatic heterocycles. The number of halogens is 3. The largest absolute Gasteiger partial charge is 0.326 e. The summed E-state index contributed by atoms with van der Waals surface area (Å²) in [4.78, 5) is 0. The summed E-state index contributed by atoms with van der Waals surface area (Å²) in [7, 11) is 0. The maximum Gasteiger partial charge on any atom is 0.129 e. The van der Waals surface area contributed by atoms with Crippen LogP contribution in [0.2, 0.25) is 0 Å². The fraction of sp³-hybridized carbons (Fsp3) is 0.250. The Morgan fingerprint density at radius 2 is 2.08 bits per heavy atom. The summed E-state index contributed by atoms with van der Waals surface area (Å²) in [5, 5.41) is 0. The SMILES string of the molecule is Cc1cc(Br)cc(F)c1CN.Cl. The van der Waals surface area contributed by atoms with Gasteiger partial charge < -0.3 is 5.73 Å². The zero-order valence-corrected chi connectivity index (χ0v) is 9.01. The van der Waals surface area contributed by atoms with Crippen molar-refractivity contribution in [1.29, 1.82) is 0 Å². The standard InChI is InChI=1S/C8H9BrFN.ClH/c1-5-2-6(9)3-8(10)7(5)4-11;/h2-3H,4,11H2,1H3;1H. The number of nitrogens with two attached hydrogens (primary N) is 1. The van der Waals surface area contributed by atoms with Crippen LogP contribution in [-0.2, 0) is 6.54 Å².